The minimum absolute atomic E-state index is 0.245. The third kappa shape index (κ3) is 6.30. The average Bonchev–Trinajstić information content (AvgIpc) is 3.41. The first kappa shape index (κ1) is 27.5. The maximum absolute atomic E-state index is 9.59. The van der Waals surface area contributed by atoms with E-state index >= 15 is 0 Å². The summed E-state index contributed by atoms with van der Waals surface area (Å²) in [6.07, 6.45) is 1.82. The summed E-state index contributed by atoms with van der Waals surface area (Å²) in [4.78, 5) is 20.7. The number of halogens is 3. The van der Waals surface area contributed by atoms with E-state index in [2.05, 4.69) is 32.7 Å². The van der Waals surface area contributed by atoms with Gasteiger partial charge in [-0.1, -0.05) is 40.9 Å². The first-order chi connectivity index (χ1) is 18.2. The summed E-state index contributed by atoms with van der Waals surface area (Å²) in [5.74, 6) is -0.245. The van der Waals surface area contributed by atoms with Crippen LogP contribution in [0.3, 0.4) is 0 Å². The fourth-order valence-corrected chi connectivity index (χ4v) is 4.75. The number of methoxy groups -OCH3 is 1. The van der Waals surface area contributed by atoms with E-state index in [0.29, 0.717) is 5.02 Å². The summed E-state index contributed by atoms with van der Waals surface area (Å²) >= 11 is 18.1. The lowest BCUT2D eigenvalue weighted by molar-refractivity contribution is -0.137. The SMILES string of the molecule is COC(C)=O.Cc1[nH]c2ccc(Cl)cc2c1-c1ccnc2cc(Cl)ccc12.Cc1cc2cc(Cl)ccc2[nH]1. The number of fused-ring (bicyclic) bond motifs is 3. The zero-order chi connectivity index (χ0) is 27.4. The molecule has 0 radical (unpaired) electrons. The van der Waals surface area contributed by atoms with Gasteiger partial charge >= 0.3 is 5.97 Å². The molecule has 8 heteroatoms. The van der Waals surface area contributed by atoms with Crippen LogP contribution in [0.1, 0.15) is 18.3 Å². The number of pyridine rings is 1. The number of ether oxygens (including phenoxy) is 1. The third-order valence-corrected chi connectivity index (χ3v) is 6.63. The topological polar surface area (TPSA) is 70.8 Å². The van der Waals surface area contributed by atoms with Crippen LogP contribution in [0, 0.1) is 13.8 Å². The van der Waals surface area contributed by atoms with Crippen molar-refractivity contribution in [3.8, 4) is 11.1 Å². The lowest BCUT2D eigenvalue weighted by atomic mass is 9.99. The predicted octanol–water partition coefficient (Wildman–Crippen LogP) is 9.31. The highest BCUT2D eigenvalue weighted by molar-refractivity contribution is 6.32. The monoisotopic (exact) mass is 565 g/mol. The second kappa shape index (κ2) is 11.9. The standard InChI is InChI=1S/C18H12Cl2N2.C9H8ClN.C3H6O2/c1-10-18(15-8-11(19)3-5-16(15)22-10)14-6-7-21-17-9-12(20)2-4-13(14)17;1-6-4-7-5-8(10)2-3-9(7)11-6;1-3(4)5-2/h2-9,22H,1H3;2-5,11H,1H3;1-2H3. The van der Waals surface area contributed by atoms with E-state index in [1.807, 2.05) is 73.8 Å². The molecule has 0 saturated heterocycles. The Balaban J connectivity index is 0.000000175. The van der Waals surface area contributed by atoms with E-state index in [9.17, 15) is 4.79 Å². The Morgan fingerprint density at radius 3 is 2.13 bits per heavy atom. The van der Waals surface area contributed by atoms with E-state index in [1.54, 1.807) is 0 Å². The number of carbonyl (C=O) groups is 1. The molecular formula is C30H26Cl3N3O2. The van der Waals surface area contributed by atoms with Gasteiger partial charge in [-0.15, -0.1) is 0 Å². The smallest absolute Gasteiger partial charge is 0.302 e. The van der Waals surface area contributed by atoms with Gasteiger partial charge in [-0.2, -0.15) is 0 Å². The van der Waals surface area contributed by atoms with E-state index in [4.69, 9.17) is 34.8 Å². The van der Waals surface area contributed by atoms with Gasteiger partial charge in [-0.05, 0) is 80.1 Å². The van der Waals surface area contributed by atoms with Crippen molar-refractivity contribution in [2.75, 3.05) is 7.11 Å². The van der Waals surface area contributed by atoms with Crippen LogP contribution >= 0.6 is 34.8 Å². The van der Waals surface area contributed by atoms with Crippen molar-refractivity contribution in [3.63, 3.8) is 0 Å². The van der Waals surface area contributed by atoms with E-state index in [0.717, 1.165) is 54.2 Å². The summed E-state index contributed by atoms with van der Waals surface area (Å²) in [5, 5.41) is 5.58. The minimum Gasteiger partial charge on any atom is -0.469 e. The summed E-state index contributed by atoms with van der Waals surface area (Å²) < 4.78 is 4.11. The maximum atomic E-state index is 9.59. The number of hydrogen-bond donors (Lipinski definition) is 2. The van der Waals surface area contributed by atoms with Crippen molar-refractivity contribution in [2.45, 2.75) is 20.8 Å². The van der Waals surface area contributed by atoms with Gasteiger partial charge in [-0.3, -0.25) is 9.78 Å². The number of aryl methyl sites for hydroxylation is 2. The number of benzene rings is 3. The van der Waals surface area contributed by atoms with Crippen LogP contribution in [-0.4, -0.2) is 28.0 Å². The van der Waals surface area contributed by atoms with E-state index in [-0.39, 0.29) is 5.97 Å². The molecule has 194 valence electrons. The number of H-pyrrole nitrogens is 2. The molecule has 2 N–H and O–H groups in total. The van der Waals surface area contributed by atoms with Crippen LogP contribution < -0.4 is 0 Å². The first-order valence-electron chi connectivity index (χ1n) is 11.8. The van der Waals surface area contributed by atoms with Crippen LogP contribution in [0.25, 0.3) is 43.8 Å². The fourth-order valence-electron chi connectivity index (χ4n) is 4.23. The quantitative estimate of drug-likeness (QED) is 0.195. The van der Waals surface area contributed by atoms with Crippen LogP contribution in [0.15, 0.2) is 72.9 Å². The van der Waals surface area contributed by atoms with Gasteiger partial charge in [0, 0.05) is 72.3 Å². The van der Waals surface area contributed by atoms with Gasteiger partial charge < -0.3 is 14.7 Å². The predicted molar refractivity (Wildman–Crippen MR) is 160 cm³/mol. The molecule has 0 aliphatic heterocycles. The molecule has 0 aliphatic carbocycles. The molecule has 3 aromatic heterocycles. The Morgan fingerprint density at radius 1 is 0.789 bits per heavy atom. The Morgan fingerprint density at radius 2 is 1.42 bits per heavy atom. The van der Waals surface area contributed by atoms with E-state index in [1.165, 1.54) is 25.1 Å². The summed E-state index contributed by atoms with van der Waals surface area (Å²) in [6, 6.07) is 21.7. The number of nitrogens with one attached hydrogen (secondary N) is 2. The zero-order valence-electron chi connectivity index (χ0n) is 21.3. The van der Waals surface area contributed by atoms with Gasteiger partial charge in [0.15, 0.2) is 0 Å². The Hall–Kier alpha value is -3.51. The zero-order valence-corrected chi connectivity index (χ0v) is 23.6. The van der Waals surface area contributed by atoms with Gasteiger partial charge in [0.1, 0.15) is 0 Å². The lowest BCUT2D eigenvalue weighted by Gasteiger charge is -2.07. The first-order valence-corrected chi connectivity index (χ1v) is 12.9. The normalized spacial score (nSPS) is 10.6. The second-order valence-corrected chi connectivity index (χ2v) is 10.0. The number of aromatic nitrogens is 3. The Kier molecular flexibility index (Phi) is 8.62. The van der Waals surface area contributed by atoms with Crippen molar-refractivity contribution in [1.82, 2.24) is 15.0 Å². The molecule has 5 nitrogen and oxygen atoms in total. The molecule has 0 atom stereocenters. The van der Waals surface area contributed by atoms with Crippen molar-refractivity contribution in [3.05, 3.63) is 99.4 Å². The highest BCUT2D eigenvalue weighted by Crippen LogP contribution is 2.37. The number of hydrogen-bond acceptors (Lipinski definition) is 3. The molecule has 6 rings (SSSR count). The third-order valence-electron chi connectivity index (χ3n) is 5.93. The summed E-state index contributed by atoms with van der Waals surface area (Å²) in [6.45, 7) is 5.47. The van der Waals surface area contributed by atoms with Crippen molar-refractivity contribution in [1.29, 1.82) is 0 Å². The molecule has 3 aromatic carbocycles. The van der Waals surface area contributed by atoms with Crippen LogP contribution in [0.4, 0.5) is 0 Å². The number of nitrogens with zero attached hydrogens (tertiary/aromatic N) is 1. The highest BCUT2D eigenvalue weighted by Gasteiger charge is 2.14. The minimum atomic E-state index is -0.245. The molecule has 3 heterocycles. The Bertz CT molecular complexity index is 1760. The van der Waals surface area contributed by atoms with Crippen molar-refractivity contribution in [2.24, 2.45) is 0 Å². The molecular weight excluding hydrogens is 541 g/mol. The van der Waals surface area contributed by atoms with Crippen LogP contribution in [0.5, 0.6) is 0 Å². The molecule has 0 fully saturated rings. The maximum Gasteiger partial charge on any atom is 0.302 e. The molecule has 0 unspecified atom stereocenters. The molecule has 0 saturated carbocycles. The van der Waals surface area contributed by atoms with Gasteiger partial charge in [-0.25, -0.2) is 0 Å². The molecule has 0 spiro atoms. The molecule has 0 amide bonds. The van der Waals surface area contributed by atoms with Crippen molar-refractivity contribution < 1.29 is 9.53 Å². The molecule has 0 aliphatic rings. The number of carbonyl (C=O) groups excluding carboxylic acids is 1. The summed E-state index contributed by atoms with van der Waals surface area (Å²) in [5.41, 5.74) is 7.69. The largest absolute Gasteiger partial charge is 0.469 e. The number of rotatable bonds is 1. The van der Waals surface area contributed by atoms with Crippen LogP contribution in [-0.2, 0) is 9.53 Å². The fraction of sp³-hybridized carbons (Fsp3) is 0.133. The average molecular weight is 567 g/mol. The van der Waals surface area contributed by atoms with Crippen molar-refractivity contribution >= 4 is 73.5 Å². The molecule has 0 bridgehead atoms. The van der Waals surface area contributed by atoms with Crippen LogP contribution in [0.2, 0.25) is 15.1 Å². The summed E-state index contributed by atoms with van der Waals surface area (Å²) in [7, 11) is 1.35. The lowest BCUT2D eigenvalue weighted by Crippen LogP contribution is -1.88. The molecule has 6 aromatic rings. The molecule has 38 heavy (non-hydrogen) atoms. The number of esters is 1. The van der Waals surface area contributed by atoms with Gasteiger partial charge in [0.05, 0.1) is 12.6 Å². The Labute approximate surface area is 235 Å². The highest BCUT2D eigenvalue weighted by atomic mass is 35.5. The van der Waals surface area contributed by atoms with Gasteiger partial charge in [0.2, 0.25) is 0 Å². The van der Waals surface area contributed by atoms with E-state index < -0.39 is 0 Å². The second-order valence-electron chi connectivity index (χ2n) is 8.71. The number of aromatic amines is 2. The van der Waals surface area contributed by atoms with Gasteiger partial charge in [0.25, 0.3) is 0 Å².